The van der Waals surface area contributed by atoms with Gasteiger partial charge >= 0.3 is 19.7 Å². The van der Waals surface area contributed by atoms with Crippen LogP contribution in [0.2, 0.25) is 0 Å². The molecule has 3 rings (SSSR count). The number of hydrogen-bond donors (Lipinski definition) is 0. The minimum Gasteiger partial charge on any atom is -0.465 e. The highest BCUT2D eigenvalue weighted by atomic mass is 31.2. The molecule has 10 heteroatoms. The first kappa shape index (κ1) is 23.3. The van der Waals surface area contributed by atoms with Gasteiger partial charge in [-0.15, -0.1) is 0 Å². The summed E-state index contributed by atoms with van der Waals surface area (Å²) < 4.78 is 69.5. The van der Waals surface area contributed by atoms with E-state index < -0.39 is 25.2 Å². The molecule has 0 bridgehead atoms. The molecule has 2 aromatic carbocycles. The highest BCUT2D eigenvalue weighted by Crippen LogP contribution is 2.51. The minimum atomic E-state index is -4.42. The van der Waals surface area contributed by atoms with E-state index in [-0.39, 0.29) is 18.9 Å². The average Bonchev–Trinajstić information content (AvgIpc) is 2.91. The van der Waals surface area contributed by atoms with Crippen LogP contribution in [-0.4, -0.2) is 36.9 Å². The monoisotopic (exact) mass is 457 g/mol. The van der Waals surface area contributed by atoms with E-state index in [0.717, 1.165) is 25.0 Å². The second kappa shape index (κ2) is 9.85. The van der Waals surface area contributed by atoms with Crippen LogP contribution < -0.4 is 10.0 Å². The van der Waals surface area contributed by atoms with Crippen molar-refractivity contribution in [1.82, 2.24) is 4.67 Å². The molecule has 1 fully saturated rings. The van der Waals surface area contributed by atoms with Gasteiger partial charge in [0.25, 0.3) is 0 Å². The third kappa shape index (κ3) is 5.87. The Balaban J connectivity index is 1.76. The summed E-state index contributed by atoms with van der Waals surface area (Å²) in [4.78, 5) is 12.0. The van der Waals surface area contributed by atoms with Gasteiger partial charge in [-0.05, 0) is 68.3 Å². The number of carbonyl (C=O) groups excluding carboxylic acids is 1. The van der Waals surface area contributed by atoms with Gasteiger partial charge in [0, 0.05) is 6.54 Å². The molecule has 0 aromatic heterocycles. The number of rotatable bonds is 6. The van der Waals surface area contributed by atoms with Crippen molar-refractivity contribution < 1.29 is 36.5 Å². The molecule has 0 radical (unpaired) electrons. The smallest absolute Gasteiger partial charge is 0.416 e. The molecular weight excluding hydrogens is 434 g/mol. The predicted molar refractivity (Wildman–Crippen MR) is 109 cm³/mol. The van der Waals surface area contributed by atoms with Crippen LogP contribution in [0, 0.1) is 0 Å². The molecule has 0 aliphatic carbocycles. The minimum absolute atomic E-state index is 0.144. The van der Waals surface area contributed by atoms with Crippen molar-refractivity contribution in [2.45, 2.75) is 25.9 Å². The first-order valence-corrected chi connectivity index (χ1v) is 11.4. The van der Waals surface area contributed by atoms with Crippen molar-refractivity contribution in [3.05, 3.63) is 54.1 Å². The largest absolute Gasteiger partial charge is 0.465 e. The molecule has 1 aliphatic heterocycles. The molecule has 1 aliphatic rings. The normalized spacial score (nSPS) is 20.1. The van der Waals surface area contributed by atoms with Crippen molar-refractivity contribution in [2.75, 3.05) is 26.3 Å². The van der Waals surface area contributed by atoms with Gasteiger partial charge in [-0.2, -0.15) is 13.2 Å². The number of halogens is 3. The Bertz CT molecular complexity index is 932. The maximum atomic E-state index is 13.7. The van der Waals surface area contributed by atoms with Crippen LogP contribution >= 0.6 is 7.52 Å². The zero-order valence-corrected chi connectivity index (χ0v) is 17.8. The van der Waals surface area contributed by atoms with E-state index in [1.165, 1.54) is 16.8 Å². The first-order valence-electron chi connectivity index (χ1n) is 9.84. The Morgan fingerprint density at radius 2 is 1.68 bits per heavy atom. The molecule has 0 amide bonds. The van der Waals surface area contributed by atoms with Gasteiger partial charge in [0.15, 0.2) is 0 Å². The summed E-state index contributed by atoms with van der Waals surface area (Å²) in [5, 5.41) is 0.401. The van der Waals surface area contributed by atoms with Gasteiger partial charge in [0.1, 0.15) is 18.0 Å². The Morgan fingerprint density at radius 1 is 1.06 bits per heavy atom. The topological polar surface area (TPSA) is 65.1 Å². The molecule has 2 aromatic rings. The molecule has 31 heavy (non-hydrogen) atoms. The molecule has 1 heterocycles. The van der Waals surface area contributed by atoms with Crippen LogP contribution in [0.25, 0.3) is 0 Å². The lowest BCUT2D eigenvalue weighted by Crippen LogP contribution is -2.32. The molecule has 168 valence electrons. The van der Waals surface area contributed by atoms with Crippen LogP contribution in [0.5, 0.6) is 11.5 Å². The summed E-state index contributed by atoms with van der Waals surface area (Å²) in [5.74, 6) is 0.124. The predicted octanol–water partition coefficient (Wildman–Crippen LogP) is 4.99. The summed E-state index contributed by atoms with van der Waals surface area (Å²) in [6.45, 7) is 2.52. The van der Waals surface area contributed by atoms with E-state index in [9.17, 15) is 22.5 Å². The number of ether oxygens (including phenoxy) is 2. The fourth-order valence-electron chi connectivity index (χ4n) is 3.11. The number of benzene rings is 2. The number of nitrogens with zero attached hydrogens (tertiary/aromatic N) is 1. The summed E-state index contributed by atoms with van der Waals surface area (Å²) in [7, 11) is -3.47. The summed E-state index contributed by atoms with van der Waals surface area (Å²) in [6, 6.07) is 10.6. The number of alkyl halides is 3. The first-order chi connectivity index (χ1) is 14.7. The molecule has 6 nitrogen and oxygen atoms in total. The Kier molecular flexibility index (Phi) is 7.41. The van der Waals surface area contributed by atoms with E-state index >= 15 is 0 Å². The van der Waals surface area contributed by atoms with Crippen molar-refractivity contribution in [3.8, 4) is 11.5 Å². The molecule has 1 saturated heterocycles. The molecular formula is C21H23F3NO5P. The third-order valence-corrected chi connectivity index (χ3v) is 7.22. The summed E-state index contributed by atoms with van der Waals surface area (Å²) >= 11 is 0. The van der Waals surface area contributed by atoms with E-state index in [2.05, 4.69) is 0 Å². The van der Waals surface area contributed by atoms with Crippen molar-refractivity contribution in [2.24, 2.45) is 0 Å². The van der Waals surface area contributed by atoms with Gasteiger partial charge in [-0.3, -0.25) is 9.36 Å². The van der Waals surface area contributed by atoms with E-state index in [1.807, 2.05) is 0 Å². The third-order valence-electron chi connectivity index (χ3n) is 4.65. The van der Waals surface area contributed by atoms with Crippen LogP contribution in [0.15, 0.2) is 48.5 Å². The van der Waals surface area contributed by atoms with Gasteiger partial charge in [0.05, 0.1) is 24.1 Å². The number of hydrogen-bond acceptors (Lipinski definition) is 5. The SMILES string of the molecule is CCOC(=O)CN1CCCCOP1(=O)c1ccc(Oc2ccc(C(F)(F)F)cc2)cc1. The van der Waals surface area contributed by atoms with Gasteiger partial charge in [0.2, 0.25) is 0 Å². The average molecular weight is 457 g/mol. The lowest BCUT2D eigenvalue weighted by molar-refractivity contribution is -0.143. The lowest BCUT2D eigenvalue weighted by atomic mass is 10.2. The van der Waals surface area contributed by atoms with Gasteiger partial charge in [-0.25, -0.2) is 4.67 Å². The highest BCUT2D eigenvalue weighted by molar-refractivity contribution is 7.64. The Hall–Kier alpha value is -2.35. The van der Waals surface area contributed by atoms with E-state index in [1.54, 1.807) is 31.2 Å². The summed E-state index contributed by atoms with van der Waals surface area (Å²) in [5.41, 5.74) is -0.763. The van der Waals surface area contributed by atoms with Crippen LogP contribution in [0.4, 0.5) is 13.2 Å². The second-order valence-electron chi connectivity index (χ2n) is 6.87. The summed E-state index contributed by atoms with van der Waals surface area (Å²) in [6.07, 6.45) is -2.96. The standard InChI is InChI=1S/C21H23F3NO5P/c1-2-28-20(26)15-25-13-3-4-14-29-31(25,27)19-11-9-18(10-12-19)30-17-7-5-16(6-8-17)21(22,23)24/h5-12H,2-4,13-15H2,1H3. The van der Waals surface area contributed by atoms with Crippen molar-refractivity contribution in [1.29, 1.82) is 0 Å². The maximum Gasteiger partial charge on any atom is 0.416 e. The fraction of sp³-hybridized carbons (Fsp3) is 0.381. The molecule has 0 N–H and O–H groups in total. The van der Waals surface area contributed by atoms with E-state index in [0.29, 0.717) is 24.2 Å². The highest BCUT2D eigenvalue weighted by Gasteiger charge is 2.37. The van der Waals surface area contributed by atoms with Crippen molar-refractivity contribution >= 4 is 18.8 Å². The number of esters is 1. The molecule has 0 spiro atoms. The van der Waals surface area contributed by atoms with Crippen LogP contribution in [-0.2, 0) is 24.8 Å². The van der Waals surface area contributed by atoms with Crippen molar-refractivity contribution in [3.63, 3.8) is 0 Å². The van der Waals surface area contributed by atoms with Crippen LogP contribution in [0.3, 0.4) is 0 Å². The zero-order valence-electron chi connectivity index (χ0n) is 16.9. The Labute approximate surface area is 178 Å². The maximum absolute atomic E-state index is 13.7. The molecule has 1 atom stereocenters. The fourth-order valence-corrected chi connectivity index (χ4v) is 5.36. The van der Waals surface area contributed by atoms with E-state index in [4.69, 9.17) is 14.0 Å². The second-order valence-corrected chi connectivity index (χ2v) is 9.25. The van der Waals surface area contributed by atoms with Gasteiger partial charge < -0.3 is 14.0 Å². The molecule has 1 unspecified atom stereocenters. The quantitative estimate of drug-likeness (QED) is 0.450. The van der Waals surface area contributed by atoms with Gasteiger partial charge in [-0.1, -0.05) is 0 Å². The Morgan fingerprint density at radius 3 is 2.26 bits per heavy atom. The van der Waals surface area contributed by atoms with Crippen LogP contribution in [0.1, 0.15) is 25.3 Å². The number of carbonyl (C=O) groups is 1. The molecule has 0 saturated carbocycles. The zero-order chi connectivity index (χ0) is 22.5. The lowest BCUT2D eigenvalue weighted by Gasteiger charge is -2.28.